The molecule has 3 heterocycles. The van der Waals surface area contributed by atoms with Gasteiger partial charge in [0.05, 0.1) is 11.1 Å². The van der Waals surface area contributed by atoms with E-state index in [4.69, 9.17) is 0 Å². The molecule has 100 valence electrons. The predicted octanol–water partition coefficient (Wildman–Crippen LogP) is 0.694. The van der Waals surface area contributed by atoms with Crippen LogP contribution in [0, 0.1) is 0 Å². The summed E-state index contributed by atoms with van der Waals surface area (Å²) in [4.78, 5) is 32.4. The third kappa shape index (κ3) is 1.73. The zero-order valence-electron chi connectivity index (χ0n) is 11.1. The number of rotatable bonds is 1. The van der Waals surface area contributed by atoms with Crippen LogP contribution < -0.4 is 11.2 Å². The number of aryl methyl sites for hydroxylation is 1. The zero-order chi connectivity index (χ0) is 14.3. The Bertz CT molecular complexity index is 910. The van der Waals surface area contributed by atoms with Gasteiger partial charge in [-0.1, -0.05) is 0 Å². The Morgan fingerprint density at radius 1 is 1.05 bits per heavy atom. The van der Waals surface area contributed by atoms with E-state index in [1.807, 2.05) is 12.1 Å². The fourth-order valence-corrected chi connectivity index (χ4v) is 2.13. The van der Waals surface area contributed by atoms with Gasteiger partial charge in [0.15, 0.2) is 0 Å². The third-order valence-corrected chi connectivity index (χ3v) is 3.26. The Morgan fingerprint density at radius 3 is 2.55 bits per heavy atom. The van der Waals surface area contributed by atoms with Crippen LogP contribution in [0.2, 0.25) is 0 Å². The lowest BCUT2D eigenvalue weighted by Crippen LogP contribution is -2.37. The Labute approximate surface area is 114 Å². The number of hydrogen-bond donors (Lipinski definition) is 0. The minimum Gasteiger partial charge on any atom is -0.280 e. The average molecular weight is 268 g/mol. The standard InChI is InChI=1S/C14H12N4O2/c1-17-12-10(13(19)18(2)14(17)20)5-6-11(16-12)9-4-3-7-15-8-9/h3-8H,1-2H3. The van der Waals surface area contributed by atoms with Crippen molar-refractivity contribution in [1.82, 2.24) is 19.1 Å². The molecule has 0 aromatic carbocycles. The van der Waals surface area contributed by atoms with E-state index >= 15 is 0 Å². The van der Waals surface area contributed by atoms with Crippen LogP contribution in [-0.2, 0) is 14.1 Å². The van der Waals surface area contributed by atoms with Gasteiger partial charge in [-0.05, 0) is 24.3 Å². The number of hydrogen-bond acceptors (Lipinski definition) is 4. The van der Waals surface area contributed by atoms with Crippen LogP contribution >= 0.6 is 0 Å². The molecule has 0 unspecified atom stereocenters. The summed E-state index contributed by atoms with van der Waals surface area (Å²) in [7, 11) is 3.06. The van der Waals surface area contributed by atoms with Gasteiger partial charge in [0.2, 0.25) is 0 Å². The summed E-state index contributed by atoms with van der Waals surface area (Å²) in [5.41, 5.74) is 1.16. The van der Waals surface area contributed by atoms with Crippen molar-refractivity contribution in [3.63, 3.8) is 0 Å². The second kappa shape index (κ2) is 4.41. The Kier molecular flexibility index (Phi) is 2.71. The first-order valence-corrected chi connectivity index (χ1v) is 6.07. The number of aromatic nitrogens is 4. The lowest BCUT2D eigenvalue weighted by molar-refractivity contribution is 0.708. The third-order valence-electron chi connectivity index (χ3n) is 3.26. The van der Waals surface area contributed by atoms with Gasteiger partial charge in [-0.2, -0.15) is 0 Å². The molecule has 0 fully saturated rings. The van der Waals surface area contributed by atoms with Crippen molar-refractivity contribution in [2.75, 3.05) is 0 Å². The van der Waals surface area contributed by atoms with E-state index in [-0.39, 0.29) is 5.56 Å². The van der Waals surface area contributed by atoms with Crippen LogP contribution in [0.25, 0.3) is 22.3 Å². The minimum atomic E-state index is -0.390. The smallest absolute Gasteiger partial charge is 0.280 e. The maximum absolute atomic E-state index is 12.0. The molecular weight excluding hydrogens is 256 g/mol. The van der Waals surface area contributed by atoms with Crippen LogP contribution in [0.4, 0.5) is 0 Å². The molecule has 6 nitrogen and oxygen atoms in total. The Balaban J connectivity index is 2.38. The minimum absolute atomic E-state index is 0.340. The van der Waals surface area contributed by atoms with Crippen LogP contribution in [0.15, 0.2) is 46.2 Å². The van der Waals surface area contributed by atoms with E-state index in [9.17, 15) is 9.59 Å². The monoisotopic (exact) mass is 268 g/mol. The SMILES string of the molecule is Cn1c(=O)c2ccc(-c3cccnc3)nc2n(C)c1=O. The van der Waals surface area contributed by atoms with Crippen molar-refractivity contribution in [2.45, 2.75) is 0 Å². The van der Waals surface area contributed by atoms with E-state index in [1.165, 1.54) is 11.6 Å². The first-order chi connectivity index (χ1) is 9.59. The summed E-state index contributed by atoms with van der Waals surface area (Å²) in [6.07, 6.45) is 3.36. The van der Waals surface area contributed by atoms with Crippen LogP contribution in [0.5, 0.6) is 0 Å². The highest BCUT2D eigenvalue weighted by atomic mass is 16.2. The topological polar surface area (TPSA) is 69.8 Å². The Hall–Kier alpha value is -2.76. The summed E-state index contributed by atoms with van der Waals surface area (Å²) in [5.74, 6) is 0. The van der Waals surface area contributed by atoms with Crippen molar-refractivity contribution in [3.8, 4) is 11.3 Å². The van der Waals surface area contributed by atoms with E-state index < -0.39 is 5.69 Å². The molecule has 3 aromatic heterocycles. The predicted molar refractivity (Wildman–Crippen MR) is 75.5 cm³/mol. The molecular formula is C14H12N4O2. The van der Waals surface area contributed by atoms with E-state index in [1.54, 1.807) is 31.6 Å². The molecule has 6 heteroatoms. The number of nitrogens with zero attached hydrogens (tertiary/aromatic N) is 4. The molecule has 0 N–H and O–H groups in total. The molecule has 0 bridgehead atoms. The number of pyridine rings is 2. The summed E-state index contributed by atoms with van der Waals surface area (Å²) in [6.45, 7) is 0. The molecule has 0 aliphatic rings. The first-order valence-electron chi connectivity index (χ1n) is 6.07. The second-order valence-electron chi connectivity index (χ2n) is 4.52. The highest BCUT2D eigenvalue weighted by Crippen LogP contribution is 2.17. The summed E-state index contributed by atoms with van der Waals surface area (Å²) < 4.78 is 2.45. The van der Waals surface area contributed by atoms with Crippen LogP contribution in [0.3, 0.4) is 0 Å². The summed E-state index contributed by atoms with van der Waals surface area (Å²) in [5, 5.41) is 0.419. The van der Waals surface area contributed by atoms with Gasteiger partial charge in [0.1, 0.15) is 5.65 Å². The van der Waals surface area contributed by atoms with Crippen LogP contribution in [-0.4, -0.2) is 19.1 Å². The van der Waals surface area contributed by atoms with Crippen molar-refractivity contribution in [2.24, 2.45) is 14.1 Å². The summed E-state index contributed by atoms with van der Waals surface area (Å²) in [6, 6.07) is 7.13. The fraction of sp³-hybridized carbons (Fsp3) is 0.143. The van der Waals surface area contributed by atoms with Gasteiger partial charge in [0.25, 0.3) is 5.56 Å². The largest absolute Gasteiger partial charge is 0.332 e. The van der Waals surface area contributed by atoms with Crippen molar-refractivity contribution >= 4 is 11.0 Å². The molecule has 0 saturated heterocycles. The molecule has 0 atom stereocenters. The molecule has 0 saturated carbocycles. The highest BCUT2D eigenvalue weighted by molar-refractivity contribution is 5.77. The van der Waals surface area contributed by atoms with Gasteiger partial charge in [0, 0.05) is 32.1 Å². The van der Waals surface area contributed by atoms with E-state index in [0.717, 1.165) is 10.1 Å². The quantitative estimate of drug-likeness (QED) is 0.651. The van der Waals surface area contributed by atoms with Crippen LogP contribution in [0.1, 0.15) is 0 Å². The molecule has 3 aromatic rings. The molecule has 0 aliphatic carbocycles. The van der Waals surface area contributed by atoms with Gasteiger partial charge < -0.3 is 0 Å². The second-order valence-corrected chi connectivity index (χ2v) is 4.52. The molecule has 0 spiro atoms. The molecule has 0 aliphatic heterocycles. The lowest BCUT2D eigenvalue weighted by atomic mass is 10.2. The van der Waals surface area contributed by atoms with Gasteiger partial charge in [-0.3, -0.25) is 18.9 Å². The molecule has 20 heavy (non-hydrogen) atoms. The van der Waals surface area contributed by atoms with Crippen molar-refractivity contribution in [3.05, 3.63) is 57.5 Å². The molecule has 0 radical (unpaired) electrons. The number of fused-ring (bicyclic) bond motifs is 1. The maximum Gasteiger partial charge on any atom is 0.332 e. The normalized spacial score (nSPS) is 10.9. The van der Waals surface area contributed by atoms with Gasteiger partial charge in [-0.15, -0.1) is 0 Å². The lowest BCUT2D eigenvalue weighted by Gasteiger charge is -2.08. The zero-order valence-corrected chi connectivity index (χ0v) is 11.1. The Morgan fingerprint density at radius 2 is 1.85 bits per heavy atom. The highest BCUT2D eigenvalue weighted by Gasteiger charge is 2.10. The fourth-order valence-electron chi connectivity index (χ4n) is 2.13. The maximum atomic E-state index is 12.0. The molecule has 3 rings (SSSR count). The summed E-state index contributed by atoms with van der Waals surface area (Å²) >= 11 is 0. The van der Waals surface area contributed by atoms with E-state index in [2.05, 4.69) is 9.97 Å². The average Bonchev–Trinajstić information content (AvgIpc) is 2.51. The van der Waals surface area contributed by atoms with E-state index in [0.29, 0.717) is 16.7 Å². The molecule has 0 amide bonds. The van der Waals surface area contributed by atoms with Crippen molar-refractivity contribution in [1.29, 1.82) is 0 Å². The van der Waals surface area contributed by atoms with Gasteiger partial charge in [-0.25, -0.2) is 9.78 Å². The first kappa shape index (κ1) is 12.3. The van der Waals surface area contributed by atoms with Gasteiger partial charge >= 0.3 is 5.69 Å². The van der Waals surface area contributed by atoms with Crippen molar-refractivity contribution < 1.29 is 0 Å².